The van der Waals surface area contributed by atoms with Crippen LogP contribution in [0.4, 0.5) is 0 Å². The fourth-order valence-corrected chi connectivity index (χ4v) is 13.3. The molecule has 9 rings (SSSR count). The number of aliphatic hydroxyl groups is 1. The van der Waals surface area contributed by atoms with E-state index in [1.807, 2.05) is 46.8 Å². The maximum atomic E-state index is 14.4. The number of benzene rings is 2. The van der Waals surface area contributed by atoms with Crippen LogP contribution in [0, 0.1) is 36.5 Å². The number of nitrogens with zero attached hydrogens (tertiary/aromatic N) is 1. The molecular weight excluding hydrogens is 859 g/mol. The van der Waals surface area contributed by atoms with Crippen LogP contribution >= 0.6 is 0 Å². The third-order valence-electron chi connectivity index (χ3n) is 16.8. The largest absolute Gasteiger partial charge is 0.482 e. The first kappa shape index (κ1) is 48.9. The summed E-state index contributed by atoms with van der Waals surface area (Å²) in [4.78, 5) is 65.9. The Labute approximate surface area is 395 Å². The fourth-order valence-electron chi connectivity index (χ4n) is 13.3. The number of piperidine rings is 1. The lowest BCUT2D eigenvalue weighted by Gasteiger charge is -2.75. The van der Waals surface area contributed by atoms with Crippen LogP contribution in [0.3, 0.4) is 0 Å². The van der Waals surface area contributed by atoms with E-state index in [9.17, 15) is 29.1 Å². The molecule has 0 aromatic heterocycles. The Balaban J connectivity index is 1.03. The Morgan fingerprint density at radius 3 is 2.15 bits per heavy atom. The summed E-state index contributed by atoms with van der Waals surface area (Å²) in [5.41, 5.74) is 1.01. The molecule has 2 spiro atoms. The third-order valence-corrected chi connectivity index (χ3v) is 16.8. The van der Waals surface area contributed by atoms with Crippen LogP contribution in [0.1, 0.15) is 141 Å². The molecule has 2 heterocycles. The summed E-state index contributed by atoms with van der Waals surface area (Å²) >= 11 is 0. The van der Waals surface area contributed by atoms with Crippen molar-refractivity contribution in [2.45, 2.75) is 174 Å². The number of esters is 5. The SMILES string of the molecule is CO[C@@]12CC[C@@]3(C[C@@H]1[C@](C)(O)C(C)(C)C)C1Cc4ccc(OC(=O)CC(C)(C)c5c(C)cc(C)cc5OC(=O)CCC(=O)OC(COC(C)=O)COC(C)=O)c5c4[C@@]3(CCN1CC1CC1)[C@H]2O5. The molecule has 7 aliphatic rings. The molecule has 14 heteroatoms. The molecule has 4 bridgehead atoms. The van der Waals surface area contributed by atoms with Crippen LogP contribution in [0.5, 0.6) is 17.2 Å². The van der Waals surface area contributed by atoms with Gasteiger partial charge in [-0.1, -0.05) is 46.8 Å². The monoisotopic (exact) mass is 929 g/mol. The Kier molecular flexibility index (Phi) is 12.7. The van der Waals surface area contributed by atoms with E-state index in [0.29, 0.717) is 23.1 Å². The summed E-state index contributed by atoms with van der Waals surface area (Å²) in [5, 5.41) is 12.7. The van der Waals surface area contributed by atoms with Gasteiger partial charge in [-0.2, -0.15) is 0 Å². The van der Waals surface area contributed by atoms with Gasteiger partial charge in [0.1, 0.15) is 30.7 Å². The molecule has 0 amide bonds. The predicted molar refractivity (Wildman–Crippen MR) is 246 cm³/mol. The molecule has 1 unspecified atom stereocenters. The number of carbonyl (C=O) groups excluding carboxylic acids is 5. The average Bonchev–Trinajstić information content (AvgIpc) is 3.98. The standard InChI is InChI=1S/C53H71NO13/c1-30-22-31(2)44(38(23-30)66-42(58)17-16-41(57)64-36(28-62-32(3)55)29-63-33(4)56)49(8,9)26-43(59)65-37-15-14-35-24-40-51-18-19-53(61-11,39(25-51)50(10,60)48(5,6)7)47-52(51,45(35)46(37)67-47)20-21-54(40)27-34-12-13-34/h14-15,22-23,34,36,39-40,47,60H,12-13,16-21,24-29H2,1-11H3/t39-,40?,47-,50+,51-,52+,53+/m1/s1. The second-order valence-corrected chi connectivity index (χ2v) is 22.5. The molecule has 2 aromatic rings. The average molecular weight is 930 g/mol. The highest BCUT2D eigenvalue weighted by Gasteiger charge is 2.82. The molecule has 5 aliphatic carbocycles. The van der Waals surface area contributed by atoms with Gasteiger partial charge in [0.2, 0.25) is 0 Å². The summed E-state index contributed by atoms with van der Waals surface area (Å²) in [7, 11) is 1.78. The number of fused-ring (bicyclic) bond motifs is 2. The molecule has 2 aromatic carbocycles. The highest BCUT2D eigenvalue weighted by Crippen LogP contribution is 2.78. The summed E-state index contributed by atoms with van der Waals surface area (Å²) in [6.07, 6.45) is 4.77. The van der Waals surface area contributed by atoms with Gasteiger partial charge >= 0.3 is 29.8 Å². The molecule has 1 saturated heterocycles. The minimum absolute atomic E-state index is 0.0639. The van der Waals surface area contributed by atoms with Crippen LogP contribution in [0.25, 0.3) is 0 Å². The number of rotatable bonds is 17. The van der Waals surface area contributed by atoms with Crippen LogP contribution in [0.2, 0.25) is 0 Å². The van der Waals surface area contributed by atoms with Crippen molar-refractivity contribution in [2.24, 2.45) is 22.7 Å². The zero-order chi connectivity index (χ0) is 48.6. The summed E-state index contributed by atoms with van der Waals surface area (Å²) in [6, 6.07) is 8.03. The topological polar surface area (TPSA) is 173 Å². The number of hydrogen-bond acceptors (Lipinski definition) is 14. The van der Waals surface area contributed by atoms with Gasteiger partial charge in [-0.25, -0.2) is 0 Å². The van der Waals surface area contributed by atoms with E-state index in [2.05, 4.69) is 31.7 Å². The van der Waals surface area contributed by atoms with E-state index in [1.54, 1.807) is 13.2 Å². The minimum atomic E-state index is -1.07. The predicted octanol–water partition coefficient (Wildman–Crippen LogP) is 7.32. The molecule has 5 fully saturated rings. The highest BCUT2D eigenvalue weighted by atomic mass is 16.6. The van der Waals surface area contributed by atoms with Gasteiger partial charge in [0, 0.05) is 66.8 Å². The van der Waals surface area contributed by atoms with Crippen molar-refractivity contribution in [1.82, 2.24) is 4.90 Å². The first-order valence-electron chi connectivity index (χ1n) is 24.2. The van der Waals surface area contributed by atoms with Crippen molar-refractivity contribution in [1.29, 1.82) is 0 Å². The third kappa shape index (κ3) is 8.44. The molecule has 366 valence electrons. The highest BCUT2D eigenvalue weighted by molar-refractivity contribution is 5.80. The van der Waals surface area contributed by atoms with Crippen LogP contribution in [0.15, 0.2) is 24.3 Å². The lowest BCUT2D eigenvalue weighted by molar-refractivity contribution is -0.312. The summed E-state index contributed by atoms with van der Waals surface area (Å²) in [5.74, 6) is -1.32. The van der Waals surface area contributed by atoms with Gasteiger partial charge in [0.05, 0.1) is 24.9 Å². The van der Waals surface area contributed by atoms with E-state index in [-0.39, 0.29) is 61.1 Å². The van der Waals surface area contributed by atoms with Gasteiger partial charge in [-0.15, -0.1) is 0 Å². The number of ether oxygens (including phenoxy) is 7. The number of methoxy groups -OCH3 is 1. The smallest absolute Gasteiger partial charge is 0.312 e. The van der Waals surface area contributed by atoms with Crippen LogP contribution < -0.4 is 14.2 Å². The Hall–Kier alpha value is -4.53. The first-order valence-corrected chi connectivity index (χ1v) is 24.2. The van der Waals surface area contributed by atoms with E-state index < -0.39 is 58.0 Å². The second-order valence-electron chi connectivity index (χ2n) is 22.5. The molecule has 14 nitrogen and oxygen atoms in total. The molecule has 2 aliphatic heterocycles. The van der Waals surface area contributed by atoms with Crippen LogP contribution in [-0.2, 0) is 60.2 Å². The molecule has 4 saturated carbocycles. The lowest BCUT2D eigenvalue weighted by atomic mass is 9.33. The Morgan fingerprint density at radius 2 is 1.52 bits per heavy atom. The zero-order valence-corrected chi connectivity index (χ0v) is 41.4. The first-order chi connectivity index (χ1) is 31.4. The van der Waals surface area contributed by atoms with E-state index >= 15 is 0 Å². The van der Waals surface area contributed by atoms with Crippen molar-refractivity contribution < 1.29 is 62.2 Å². The lowest BCUT2D eigenvalue weighted by Crippen LogP contribution is -2.83. The van der Waals surface area contributed by atoms with Crippen molar-refractivity contribution in [3.8, 4) is 17.2 Å². The van der Waals surface area contributed by atoms with E-state index in [0.717, 1.165) is 67.8 Å². The van der Waals surface area contributed by atoms with Crippen molar-refractivity contribution in [2.75, 3.05) is 33.4 Å². The Morgan fingerprint density at radius 1 is 0.866 bits per heavy atom. The van der Waals surface area contributed by atoms with Crippen LogP contribution in [-0.4, -0.2) is 103 Å². The summed E-state index contributed by atoms with van der Waals surface area (Å²) < 4.78 is 41.7. The molecule has 67 heavy (non-hydrogen) atoms. The second kappa shape index (κ2) is 17.5. The quantitative estimate of drug-likeness (QED) is 0.0950. The number of hydrogen-bond donors (Lipinski definition) is 1. The summed E-state index contributed by atoms with van der Waals surface area (Å²) in [6.45, 7) is 19.8. The fraction of sp³-hybridized carbons (Fsp3) is 0.679. The molecule has 7 atom stereocenters. The number of aryl methyl sites for hydroxylation is 2. The normalized spacial score (nSPS) is 27.9. The maximum absolute atomic E-state index is 14.4. The van der Waals surface area contributed by atoms with Gasteiger partial charge in [-0.3, -0.25) is 28.9 Å². The molecular formula is C53H71NO13. The van der Waals surface area contributed by atoms with Crippen molar-refractivity contribution >= 4 is 29.8 Å². The van der Waals surface area contributed by atoms with E-state index in [1.165, 1.54) is 32.3 Å². The van der Waals surface area contributed by atoms with Gasteiger partial charge in [0.15, 0.2) is 17.6 Å². The van der Waals surface area contributed by atoms with Gasteiger partial charge < -0.3 is 38.3 Å². The number of likely N-dealkylation sites (tertiary alicyclic amines) is 1. The Bertz CT molecular complexity index is 2310. The van der Waals surface area contributed by atoms with Gasteiger partial charge in [0.25, 0.3) is 0 Å². The van der Waals surface area contributed by atoms with Gasteiger partial charge in [-0.05, 0) is 112 Å². The maximum Gasteiger partial charge on any atom is 0.312 e. The van der Waals surface area contributed by atoms with E-state index in [4.69, 9.17) is 33.2 Å². The molecule has 1 N–H and O–H groups in total. The zero-order valence-electron chi connectivity index (χ0n) is 41.4. The number of carbonyl (C=O) groups is 5. The van der Waals surface area contributed by atoms with Crippen molar-refractivity contribution in [3.63, 3.8) is 0 Å². The van der Waals surface area contributed by atoms with Crippen molar-refractivity contribution in [3.05, 3.63) is 52.1 Å². The minimum Gasteiger partial charge on any atom is -0.482 e. The molecule has 0 radical (unpaired) electrons.